The van der Waals surface area contributed by atoms with Crippen LogP contribution in [0.4, 0.5) is 21.6 Å². The summed E-state index contributed by atoms with van der Waals surface area (Å²) in [5.41, 5.74) is 1.10. The number of hydrogen-bond donors (Lipinski definition) is 2. The molecule has 0 bridgehead atoms. The molecule has 172 valence electrons. The molecule has 4 aromatic rings. The summed E-state index contributed by atoms with van der Waals surface area (Å²) in [5, 5.41) is 3.63. The second-order valence-electron chi connectivity index (χ2n) is 7.55. The van der Waals surface area contributed by atoms with Crippen LogP contribution in [0.1, 0.15) is 23.7 Å². The Bertz CT molecular complexity index is 1400. The normalized spacial score (nSPS) is 12.4. The van der Waals surface area contributed by atoms with Crippen LogP contribution in [0, 0.1) is 5.82 Å². The zero-order valence-corrected chi connectivity index (χ0v) is 18.7. The summed E-state index contributed by atoms with van der Waals surface area (Å²) >= 11 is 0. The molecule has 0 aliphatic carbocycles. The molecular formula is C25H23FN6O2. The Morgan fingerprint density at radius 2 is 1.97 bits per heavy atom. The van der Waals surface area contributed by atoms with Crippen LogP contribution in [0.3, 0.4) is 0 Å². The lowest BCUT2D eigenvalue weighted by Crippen LogP contribution is -2.41. The number of fused-ring (bicyclic) bond motifs is 1. The molecule has 4 rings (SSSR count). The Morgan fingerprint density at radius 1 is 1.18 bits per heavy atom. The third kappa shape index (κ3) is 4.54. The maximum absolute atomic E-state index is 14.3. The van der Waals surface area contributed by atoms with Crippen LogP contribution in [0.15, 0.2) is 76.9 Å². The molecule has 0 spiro atoms. The highest BCUT2D eigenvalue weighted by Gasteiger charge is 2.23. The molecule has 34 heavy (non-hydrogen) atoms. The molecule has 0 aliphatic heterocycles. The second-order valence-corrected chi connectivity index (χ2v) is 7.55. The quantitative estimate of drug-likeness (QED) is 0.243. The third-order valence-electron chi connectivity index (χ3n) is 5.45. The second kappa shape index (κ2) is 10.0. The van der Waals surface area contributed by atoms with Gasteiger partial charge in [-0.2, -0.15) is 0 Å². The van der Waals surface area contributed by atoms with E-state index in [4.69, 9.17) is 4.99 Å². The zero-order valence-electron chi connectivity index (χ0n) is 18.7. The molecular weight excluding hydrogens is 435 g/mol. The zero-order chi connectivity index (χ0) is 24.1. The Labute approximate surface area is 195 Å². The van der Waals surface area contributed by atoms with Crippen molar-refractivity contribution in [1.82, 2.24) is 15.0 Å². The van der Waals surface area contributed by atoms with E-state index in [9.17, 15) is 14.0 Å². The highest BCUT2D eigenvalue weighted by Crippen LogP contribution is 2.25. The van der Waals surface area contributed by atoms with Gasteiger partial charge in [-0.25, -0.2) is 19.4 Å². The molecule has 1 atom stereocenters. The Hall–Kier alpha value is -4.40. The molecule has 2 heterocycles. The van der Waals surface area contributed by atoms with Gasteiger partial charge in [0.25, 0.3) is 0 Å². The molecule has 2 aromatic carbocycles. The minimum Gasteiger partial charge on any atom is -0.359 e. The third-order valence-corrected chi connectivity index (χ3v) is 5.45. The van der Waals surface area contributed by atoms with Crippen LogP contribution in [0.5, 0.6) is 0 Å². The molecule has 0 amide bonds. The first-order valence-corrected chi connectivity index (χ1v) is 10.7. The van der Waals surface area contributed by atoms with Crippen molar-refractivity contribution in [2.24, 2.45) is 4.99 Å². The summed E-state index contributed by atoms with van der Waals surface area (Å²) in [4.78, 5) is 42.1. The number of carbonyl (C=O) groups excluding carboxylic acids is 1. The number of halogens is 1. The largest absolute Gasteiger partial charge is 0.359 e. The van der Waals surface area contributed by atoms with Gasteiger partial charge in [0.2, 0.25) is 0 Å². The number of pyridine rings is 1. The lowest BCUT2D eigenvalue weighted by Gasteiger charge is -2.29. The standard InChI is InChI=1S/C25H23FN6O2/c1-3-19(30-24-22-21(34)12-13-27-23(22)28-15-29-24)25(32(2)16-8-5-4-6-9-16)31-20-11-7-10-18(26)17(20)14-33/h4-15,19H,3H2,1-2H3,(H2,27,28,29,30,34). The number of para-hydroxylation sites is 1. The van der Waals surface area contributed by atoms with Crippen molar-refractivity contribution < 1.29 is 9.18 Å². The highest BCUT2D eigenvalue weighted by molar-refractivity contribution is 6.05. The maximum atomic E-state index is 14.3. The molecule has 2 aromatic heterocycles. The van der Waals surface area contributed by atoms with E-state index in [1.807, 2.05) is 49.2 Å². The average molecular weight is 458 g/mol. The maximum Gasteiger partial charge on any atom is 0.194 e. The van der Waals surface area contributed by atoms with Gasteiger partial charge in [-0.3, -0.25) is 9.59 Å². The van der Waals surface area contributed by atoms with Gasteiger partial charge in [0.05, 0.1) is 17.3 Å². The lowest BCUT2D eigenvalue weighted by molar-refractivity contribution is 0.112. The van der Waals surface area contributed by atoms with Crippen molar-refractivity contribution >= 4 is 40.3 Å². The lowest BCUT2D eigenvalue weighted by atomic mass is 10.1. The Balaban J connectivity index is 1.85. The molecule has 0 saturated carbocycles. The number of H-pyrrole nitrogens is 1. The first-order chi connectivity index (χ1) is 16.5. The van der Waals surface area contributed by atoms with E-state index in [0.717, 1.165) is 5.69 Å². The molecule has 0 aliphatic rings. The first-order valence-electron chi connectivity index (χ1n) is 10.7. The van der Waals surface area contributed by atoms with E-state index in [2.05, 4.69) is 20.3 Å². The van der Waals surface area contributed by atoms with Crippen LogP contribution < -0.4 is 15.6 Å². The van der Waals surface area contributed by atoms with Gasteiger partial charge >= 0.3 is 0 Å². The molecule has 0 fully saturated rings. The number of aromatic nitrogens is 3. The Kier molecular flexibility index (Phi) is 6.72. The fourth-order valence-corrected chi connectivity index (χ4v) is 3.67. The van der Waals surface area contributed by atoms with E-state index in [0.29, 0.717) is 35.4 Å². The van der Waals surface area contributed by atoms with E-state index >= 15 is 0 Å². The number of aromatic amines is 1. The fourth-order valence-electron chi connectivity index (χ4n) is 3.67. The minimum absolute atomic E-state index is 0.125. The van der Waals surface area contributed by atoms with Gasteiger partial charge in [-0.15, -0.1) is 0 Å². The number of anilines is 2. The number of benzene rings is 2. The van der Waals surface area contributed by atoms with E-state index in [1.165, 1.54) is 30.7 Å². The van der Waals surface area contributed by atoms with Gasteiger partial charge in [-0.05, 0) is 30.7 Å². The van der Waals surface area contributed by atoms with Gasteiger partial charge in [0, 0.05) is 25.0 Å². The first kappa shape index (κ1) is 22.8. The number of rotatable bonds is 7. The van der Waals surface area contributed by atoms with Crippen LogP contribution in [0.2, 0.25) is 0 Å². The minimum atomic E-state index is -0.646. The van der Waals surface area contributed by atoms with Crippen molar-refractivity contribution in [3.63, 3.8) is 0 Å². The highest BCUT2D eigenvalue weighted by atomic mass is 19.1. The molecule has 9 heteroatoms. The molecule has 0 saturated heterocycles. The van der Waals surface area contributed by atoms with Gasteiger partial charge in [0.1, 0.15) is 34.8 Å². The molecule has 0 radical (unpaired) electrons. The average Bonchev–Trinajstić information content (AvgIpc) is 2.86. The van der Waals surface area contributed by atoms with Crippen molar-refractivity contribution in [1.29, 1.82) is 0 Å². The number of carbonyl (C=O) groups is 1. The van der Waals surface area contributed by atoms with Crippen LogP contribution in [-0.2, 0) is 0 Å². The number of nitrogens with one attached hydrogen (secondary N) is 2. The summed E-state index contributed by atoms with van der Waals surface area (Å²) in [6.45, 7) is 1.95. The van der Waals surface area contributed by atoms with Crippen molar-refractivity contribution in [3.05, 3.63) is 88.7 Å². The smallest absolute Gasteiger partial charge is 0.194 e. The topological polar surface area (TPSA) is 103 Å². The van der Waals surface area contributed by atoms with Crippen molar-refractivity contribution in [2.75, 3.05) is 17.3 Å². The van der Waals surface area contributed by atoms with E-state index in [1.54, 1.807) is 6.07 Å². The van der Waals surface area contributed by atoms with Gasteiger partial charge < -0.3 is 15.2 Å². The van der Waals surface area contributed by atoms with Gasteiger partial charge in [0.15, 0.2) is 11.7 Å². The predicted octanol–water partition coefficient (Wildman–Crippen LogP) is 4.33. The van der Waals surface area contributed by atoms with Gasteiger partial charge in [-0.1, -0.05) is 31.2 Å². The van der Waals surface area contributed by atoms with Crippen LogP contribution >= 0.6 is 0 Å². The number of amidine groups is 1. The number of hydrogen-bond acceptors (Lipinski definition) is 6. The molecule has 8 nitrogen and oxygen atoms in total. The van der Waals surface area contributed by atoms with Crippen LogP contribution in [0.25, 0.3) is 11.0 Å². The van der Waals surface area contributed by atoms with Crippen molar-refractivity contribution in [3.8, 4) is 0 Å². The number of likely N-dealkylation sites (N-methyl/N-ethyl adjacent to an activating group) is 1. The number of nitrogens with zero attached hydrogens (tertiary/aromatic N) is 4. The van der Waals surface area contributed by atoms with Crippen LogP contribution in [-0.4, -0.2) is 40.2 Å². The summed E-state index contributed by atoms with van der Waals surface area (Å²) in [6.07, 6.45) is 3.90. The van der Waals surface area contributed by atoms with E-state index < -0.39 is 11.9 Å². The summed E-state index contributed by atoms with van der Waals surface area (Å²) in [5.74, 6) is 0.219. The van der Waals surface area contributed by atoms with Crippen molar-refractivity contribution in [2.45, 2.75) is 19.4 Å². The summed E-state index contributed by atoms with van der Waals surface area (Å²) in [7, 11) is 1.84. The van der Waals surface area contributed by atoms with E-state index in [-0.39, 0.29) is 16.7 Å². The summed E-state index contributed by atoms with van der Waals surface area (Å²) in [6, 6.07) is 14.8. The number of aldehydes is 1. The molecule has 1 unspecified atom stereocenters. The monoisotopic (exact) mass is 458 g/mol. The predicted molar refractivity (Wildman–Crippen MR) is 132 cm³/mol. The molecule has 2 N–H and O–H groups in total. The SMILES string of the molecule is CCC(Nc1ncnc2[nH]ccc(=O)c12)C(=Nc1cccc(F)c1C=O)N(C)c1ccccc1. The fraction of sp³-hybridized carbons (Fsp3) is 0.160. The summed E-state index contributed by atoms with van der Waals surface area (Å²) < 4.78 is 14.3. The Morgan fingerprint density at radius 3 is 2.71 bits per heavy atom. The number of aliphatic imine (C=N–C) groups is 1.